The molecule has 2 aromatic rings. The van der Waals surface area contributed by atoms with Crippen LogP contribution in [0.5, 0.6) is 5.75 Å². The van der Waals surface area contributed by atoms with Gasteiger partial charge in [0, 0.05) is 12.0 Å². The number of hydrogen-bond donors (Lipinski definition) is 1. The Hall–Kier alpha value is -1.80. The Bertz CT molecular complexity index is 564. The second-order valence-corrected chi connectivity index (χ2v) is 5.07. The lowest BCUT2D eigenvalue weighted by molar-refractivity contribution is 0.000478. The summed E-state index contributed by atoms with van der Waals surface area (Å²) in [5.41, 5.74) is 0.853. The van der Waals surface area contributed by atoms with Crippen LogP contribution in [0.25, 0.3) is 0 Å². The molecular formula is C17H18O2. The van der Waals surface area contributed by atoms with E-state index in [1.165, 1.54) is 0 Å². The van der Waals surface area contributed by atoms with Crippen LogP contribution in [-0.2, 0) is 5.60 Å². The van der Waals surface area contributed by atoms with Crippen LogP contribution >= 0.6 is 0 Å². The molecule has 1 aliphatic heterocycles. The first-order valence-electron chi connectivity index (χ1n) is 6.78. The molecule has 2 unspecified atom stereocenters. The molecule has 0 saturated heterocycles. The van der Waals surface area contributed by atoms with E-state index in [1.807, 2.05) is 54.6 Å². The standard InChI is InChI=1S/C17H18O2/c1-2-14-12-17(18,13-8-4-3-5-9-13)15-10-6-7-11-16(15)19-14/h3-11,14,18H,2,12H2,1H3. The molecule has 0 amide bonds. The monoisotopic (exact) mass is 254 g/mol. The Morgan fingerprint density at radius 1 is 1.11 bits per heavy atom. The number of benzene rings is 2. The van der Waals surface area contributed by atoms with Crippen LogP contribution in [0.2, 0.25) is 0 Å². The van der Waals surface area contributed by atoms with Crippen LogP contribution in [0.1, 0.15) is 30.9 Å². The zero-order chi connectivity index (χ0) is 13.3. The van der Waals surface area contributed by atoms with Gasteiger partial charge in [-0.15, -0.1) is 0 Å². The molecular weight excluding hydrogens is 236 g/mol. The third-order valence-corrected chi connectivity index (χ3v) is 3.86. The predicted octanol–water partition coefficient (Wildman–Crippen LogP) is 3.48. The van der Waals surface area contributed by atoms with Gasteiger partial charge in [0.05, 0.1) is 0 Å². The van der Waals surface area contributed by atoms with Gasteiger partial charge in [0.1, 0.15) is 17.5 Å². The van der Waals surface area contributed by atoms with Crippen molar-refractivity contribution in [3.63, 3.8) is 0 Å². The molecule has 0 fully saturated rings. The summed E-state index contributed by atoms with van der Waals surface area (Å²) in [4.78, 5) is 0. The third-order valence-electron chi connectivity index (χ3n) is 3.86. The average Bonchev–Trinajstić information content (AvgIpc) is 2.48. The first kappa shape index (κ1) is 12.2. The Morgan fingerprint density at radius 3 is 2.53 bits per heavy atom. The highest BCUT2D eigenvalue weighted by atomic mass is 16.5. The summed E-state index contributed by atoms with van der Waals surface area (Å²) in [6, 6.07) is 17.6. The largest absolute Gasteiger partial charge is 0.490 e. The Kier molecular flexibility index (Phi) is 3.03. The van der Waals surface area contributed by atoms with Crippen LogP contribution in [-0.4, -0.2) is 11.2 Å². The Morgan fingerprint density at radius 2 is 1.79 bits per heavy atom. The lowest BCUT2D eigenvalue weighted by Crippen LogP contribution is -2.39. The van der Waals surface area contributed by atoms with Gasteiger partial charge < -0.3 is 9.84 Å². The number of fused-ring (bicyclic) bond motifs is 1. The van der Waals surface area contributed by atoms with Crippen LogP contribution in [0, 0.1) is 0 Å². The van der Waals surface area contributed by atoms with Crippen molar-refractivity contribution < 1.29 is 9.84 Å². The van der Waals surface area contributed by atoms with Gasteiger partial charge in [-0.25, -0.2) is 0 Å². The van der Waals surface area contributed by atoms with E-state index >= 15 is 0 Å². The van der Waals surface area contributed by atoms with E-state index in [-0.39, 0.29) is 6.10 Å². The highest BCUT2D eigenvalue weighted by Crippen LogP contribution is 2.44. The van der Waals surface area contributed by atoms with Crippen LogP contribution in [0.3, 0.4) is 0 Å². The molecule has 2 heteroatoms. The average molecular weight is 254 g/mol. The van der Waals surface area contributed by atoms with Gasteiger partial charge in [0.25, 0.3) is 0 Å². The first-order chi connectivity index (χ1) is 9.24. The fourth-order valence-corrected chi connectivity index (χ4v) is 2.79. The molecule has 2 nitrogen and oxygen atoms in total. The maximum atomic E-state index is 11.2. The van der Waals surface area contributed by atoms with Gasteiger partial charge in [-0.1, -0.05) is 55.5 Å². The van der Waals surface area contributed by atoms with Crippen LogP contribution in [0.4, 0.5) is 0 Å². The third kappa shape index (κ3) is 2.02. The molecule has 0 spiro atoms. The zero-order valence-electron chi connectivity index (χ0n) is 11.0. The van der Waals surface area contributed by atoms with Gasteiger partial charge in [-0.2, -0.15) is 0 Å². The normalized spacial score (nSPS) is 25.5. The molecule has 1 N–H and O–H groups in total. The molecule has 98 valence electrons. The van der Waals surface area contributed by atoms with Gasteiger partial charge >= 0.3 is 0 Å². The quantitative estimate of drug-likeness (QED) is 0.889. The molecule has 0 radical (unpaired) electrons. The zero-order valence-corrected chi connectivity index (χ0v) is 11.0. The number of hydrogen-bond acceptors (Lipinski definition) is 2. The van der Waals surface area contributed by atoms with E-state index < -0.39 is 5.60 Å². The molecule has 0 aromatic heterocycles. The minimum absolute atomic E-state index is 0.0557. The molecule has 3 rings (SSSR count). The highest BCUT2D eigenvalue weighted by Gasteiger charge is 2.40. The number of para-hydroxylation sites is 1. The van der Waals surface area contributed by atoms with Crippen molar-refractivity contribution in [1.29, 1.82) is 0 Å². The molecule has 1 heterocycles. The summed E-state index contributed by atoms with van der Waals surface area (Å²) < 4.78 is 5.94. The van der Waals surface area contributed by atoms with E-state index in [2.05, 4.69) is 6.92 Å². The van der Waals surface area contributed by atoms with E-state index in [9.17, 15) is 5.11 Å². The Balaban J connectivity index is 2.14. The molecule has 0 saturated carbocycles. The van der Waals surface area contributed by atoms with Crippen molar-refractivity contribution in [2.24, 2.45) is 0 Å². The molecule has 2 atom stereocenters. The van der Waals surface area contributed by atoms with Gasteiger partial charge in [-0.05, 0) is 18.1 Å². The summed E-state index contributed by atoms with van der Waals surface area (Å²) in [5.74, 6) is 0.798. The van der Waals surface area contributed by atoms with Crippen molar-refractivity contribution in [1.82, 2.24) is 0 Å². The van der Waals surface area contributed by atoms with Crippen LogP contribution < -0.4 is 4.74 Å². The predicted molar refractivity (Wildman–Crippen MR) is 75.2 cm³/mol. The SMILES string of the molecule is CCC1CC(O)(c2ccccc2)c2ccccc2O1. The summed E-state index contributed by atoms with van der Waals surface area (Å²) >= 11 is 0. The van der Waals surface area contributed by atoms with Gasteiger partial charge in [-0.3, -0.25) is 0 Å². The second-order valence-electron chi connectivity index (χ2n) is 5.07. The number of aliphatic hydroxyl groups is 1. The second kappa shape index (κ2) is 4.71. The smallest absolute Gasteiger partial charge is 0.126 e. The molecule has 0 aliphatic carbocycles. The minimum Gasteiger partial charge on any atom is -0.490 e. The lowest BCUT2D eigenvalue weighted by atomic mass is 9.79. The molecule has 19 heavy (non-hydrogen) atoms. The maximum Gasteiger partial charge on any atom is 0.126 e. The summed E-state index contributed by atoms with van der Waals surface area (Å²) in [6.07, 6.45) is 1.55. The van der Waals surface area contributed by atoms with Crippen molar-refractivity contribution in [2.75, 3.05) is 0 Å². The number of ether oxygens (including phenoxy) is 1. The highest BCUT2D eigenvalue weighted by molar-refractivity contribution is 5.46. The molecule has 0 bridgehead atoms. The summed E-state index contributed by atoms with van der Waals surface area (Å²) in [5, 5.41) is 11.2. The fraction of sp³-hybridized carbons (Fsp3) is 0.294. The number of rotatable bonds is 2. The van der Waals surface area contributed by atoms with E-state index in [0.29, 0.717) is 6.42 Å². The van der Waals surface area contributed by atoms with E-state index in [1.54, 1.807) is 0 Å². The van der Waals surface area contributed by atoms with Gasteiger partial charge in [0.15, 0.2) is 0 Å². The van der Waals surface area contributed by atoms with Crippen LogP contribution in [0.15, 0.2) is 54.6 Å². The molecule has 2 aromatic carbocycles. The van der Waals surface area contributed by atoms with Crippen molar-refractivity contribution >= 4 is 0 Å². The van der Waals surface area contributed by atoms with E-state index in [4.69, 9.17) is 4.74 Å². The minimum atomic E-state index is -0.948. The van der Waals surface area contributed by atoms with E-state index in [0.717, 1.165) is 23.3 Å². The molecule has 1 aliphatic rings. The van der Waals surface area contributed by atoms with Gasteiger partial charge in [0.2, 0.25) is 0 Å². The fourth-order valence-electron chi connectivity index (χ4n) is 2.79. The summed E-state index contributed by atoms with van der Waals surface area (Å²) in [7, 11) is 0. The van der Waals surface area contributed by atoms with Crippen molar-refractivity contribution in [3.8, 4) is 5.75 Å². The summed E-state index contributed by atoms with van der Waals surface area (Å²) in [6.45, 7) is 2.09. The topological polar surface area (TPSA) is 29.5 Å². The van der Waals surface area contributed by atoms with Crippen molar-refractivity contribution in [2.45, 2.75) is 31.5 Å². The maximum absolute atomic E-state index is 11.2. The van der Waals surface area contributed by atoms with Crippen molar-refractivity contribution in [3.05, 3.63) is 65.7 Å². The first-order valence-corrected chi connectivity index (χ1v) is 6.78. The lowest BCUT2D eigenvalue weighted by Gasteiger charge is -2.39. The Labute approximate surface area is 113 Å².